The summed E-state index contributed by atoms with van der Waals surface area (Å²) in [5.74, 6) is 0.509. The van der Waals surface area contributed by atoms with Gasteiger partial charge in [-0.05, 0) is 51.4 Å². The fraction of sp³-hybridized carbons (Fsp3) is 0.898. The lowest BCUT2D eigenvalue weighted by Gasteiger charge is -2.06. The van der Waals surface area contributed by atoms with E-state index in [0.717, 1.165) is 51.6 Å². The molecule has 0 aromatic heterocycles. The van der Waals surface area contributed by atoms with E-state index >= 15 is 0 Å². The van der Waals surface area contributed by atoms with Crippen LogP contribution in [0, 0.1) is 0 Å². The fourth-order valence-corrected chi connectivity index (χ4v) is 8.36. The summed E-state index contributed by atoms with van der Waals surface area (Å²) in [6.07, 6.45) is 65.6. The normalized spacial score (nSPS) is 10.6. The van der Waals surface area contributed by atoms with Gasteiger partial charge in [0, 0.05) is 25.9 Å². The fourth-order valence-electron chi connectivity index (χ4n) is 8.36. The summed E-state index contributed by atoms with van der Waals surface area (Å²) in [5, 5.41) is 6.19. The maximum Gasteiger partial charge on any atom is 0.219 e. The number of carbonyl (C=O) groups excluding carboxylic acids is 2. The highest BCUT2D eigenvalue weighted by Gasteiger charge is 2.03. The first-order chi connectivity index (χ1) is 30.1. The van der Waals surface area contributed by atoms with Gasteiger partial charge in [0.15, 0.2) is 0 Å². The van der Waals surface area contributed by atoms with Gasteiger partial charge in [-0.2, -0.15) is 0 Å². The van der Waals surface area contributed by atoms with Crippen molar-refractivity contribution in [1.82, 2.24) is 10.6 Å². The summed E-state index contributed by atoms with van der Waals surface area (Å²) < 4.78 is 0. The van der Waals surface area contributed by atoms with Crippen molar-refractivity contribution in [3.05, 3.63) is 25.3 Å². The van der Waals surface area contributed by atoms with Crippen molar-refractivity contribution in [2.45, 2.75) is 330 Å². The first kappa shape index (κ1) is 68.0. The van der Waals surface area contributed by atoms with Crippen molar-refractivity contribution in [2.75, 3.05) is 13.1 Å². The smallest absolute Gasteiger partial charge is 0.219 e. The van der Waals surface area contributed by atoms with Gasteiger partial charge in [-0.3, -0.25) is 9.59 Å². The molecule has 4 nitrogen and oxygen atoms in total. The molecule has 4 heteroatoms. The molecule has 0 atom stereocenters. The van der Waals surface area contributed by atoms with Gasteiger partial charge >= 0.3 is 0 Å². The summed E-state index contributed by atoms with van der Waals surface area (Å²) in [7, 11) is 0. The number of nitrogens with one attached hydrogen (secondary N) is 2. The standard InChI is InChI=1S/C29H57NO.C28H55NO.2CH4/c1-3-5-7-9-11-13-14-15-16-17-18-19-20-22-24-26-28-30-29(31)27-25-23-21-12-10-8-6-4-2;1-3-5-7-9-11-12-13-14-15-16-17-18-19-21-23-25-27-29-28(30)26-24-22-20-10-8-6-4-2;;/h4H,2-3,5-28H2,1H3,(H,30,31);4H,2-3,5-27H2,1H3,(H,29,30);2*1H4. The van der Waals surface area contributed by atoms with Crippen LogP contribution in [-0.4, -0.2) is 24.9 Å². The topological polar surface area (TPSA) is 58.2 Å². The second kappa shape index (κ2) is 64.7. The number of hydrogen-bond donors (Lipinski definition) is 2. The minimum absolute atomic E-state index is 0. The number of hydrogen-bond acceptors (Lipinski definition) is 2. The molecule has 0 aliphatic heterocycles. The molecule has 63 heavy (non-hydrogen) atoms. The maximum absolute atomic E-state index is 11.9. The number of carbonyl (C=O) groups is 2. The molecule has 0 aromatic rings. The monoisotopic (exact) mass is 889 g/mol. The summed E-state index contributed by atoms with van der Waals surface area (Å²) >= 11 is 0. The predicted octanol–water partition coefficient (Wildman–Crippen LogP) is 20.2. The van der Waals surface area contributed by atoms with Crippen LogP contribution in [0.1, 0.15) is 330 Å². The Bertz CT molecular complexity index is 856. The highest BCUT2D eigenvalue weighted by atomic mass is 16.2. The Morgan fingerprint density at radius 3 is 0.714 bits per heavy atom. The zero-order valence-corrected chi connectivity index (χ0v) is 42.0. The Hall–Kier alpha value is -1.58. The van der Waals surface area contributed by atoms with E-state index in [1.807, 2.05) is 12.2 Å². The lowest BCUT2D eigenvalue weighted by molar-refractivity contribution is -0.122. The third kappa shape index (κ3) is 67.1. The molecule has 0 rings (SSSR count). The molecule has 0 bridgehead atoms. The van der Waals surface area contributed by atoms with E-state index in [9.17, 15) is 9.59 Å². The van der Waals surface area contributed by atoms with Gasteiger partial charge in [-0.15, -0.1) is 13.2 Å². The molecule has 0 saturated carbocycles. The molecule has 2 N–H and O–H groups in total. The second-order valence-electron chi connectivity index (χ2n) is 18.9. The number of allylic oxidation sites excluding steroid dienone is 2. The minimum Gasteiger partial charge on any atom is -0.356 e. The molecular formula is C59H120N2O2. The van der Waals surface area contributed by atoms with Crippen molar-refractivity contribution in [2.24, 2.45) is 0 Å². The largest absolute Gasteiger partial charge is 0.356 e. The summed E-state index contributed by atoms with van der Waals surface area (Å²) in [5.41, 5.74) is 0. The van der Waals surface area contributed by atoms with E-state index in [-0.39, 0.29) is 26.7 Å². The summed E-state index contributed by atoms with van der Waals surface area (Å²) in [6, 6.07) is 0. The van der Waals surface area contributed by atoms with Crippen LogP contribution < -0.4 is 10.6 Å². The number of rotatable bonds is 51. The van der Waals surface area contributed by atoms with Gasteiger partial charge in [0.2, 0.25) is 11.8 Å². The lowest BCUT2D eigenvalue weighted by Crippen LogP contribution is -2.23. The van der Waals surface area contributed by atoms with Gasteiger partial charge in [0.25, 0.3) is 0 Å². The van der Waals surface area contributed by atoms with Crippen molar-refractivity contribution in [3.63, 3.8) is 0 Å². The zero-order chi connectivity index (χ0) is 44.6. The molecule has 0 heterocycles. The quantitative estimate of drug-likeness (QED) is 0.0472. The highest BCUT2D eigenvalue weighted by molar-refractivity contribution is 5.76. The van der Waals surface area contributed by atoms with Crippen LogP contribution in [-0.2, 0) is 9.59 Å². The zero-order valence-electron chi connectivity index (χ0n) is 42.0. The number of unbranched alkanes of at least 4 members (excludes halogenated alkanes) is 41. The Morgan fingerprint density at radius 2 is 0.492 bits per heavy atom. The van der Waals surface area contributed by atoms with Crippen LogP contribution in [0.5, 0.6) is 0 Å². The van der Waals surface area contributed by atoms with Gasteiger partial charge in [0.1, 0.15) is 0 Å². The minimum atomic E-state index is 0. The van der Waals surface area contributed by atoms with Crippen LogP contribution in [0.4, 0.5) is 0 Å². The van der Waals surface area contributed by atoms with E-state index in [0.29, 0.717) is 12.8 Å². The third-order valence-electron chi connectivity index (χ3n) is 12.6. The maximum atomic E-state index is 11.9. The van der Waals surface area contributed by atoms with Gasteiger partial charge < -0.3 is 10.6 Å². The molecule has 0 fully saturated rings. The van der Waals surface area contributed by atoms with E-state index in [1.54, 1.807) is 0 Å². The van der Waals surface area contributed by atoms with Gasteiger partial charge in [-0.25, -0.2) is 0 Å². The van der Waals surface area contributed by atoms with Crippen LogP contribution in [0.15, 0.2) is 25.3 Å². The average molecular weight is 890 g/mol. The molecule has 378 valence electrons. The van der Waals surface area contributed by atoms with E-state index in [4.69, 9.17) is 0 Å². The SMILES string of the molecule is C.C.C=CCCCCCCCC(=O)NCCCCCCCCCCCCCCCCCC.C=CCCCCCCCCC(=O)NCCCCCCCCCCCCCCCCCC. The van der Waals surface area contributed by atoms with Crippen molar-refractivity contribution >= 4 is 11.8 Å². The Labute approximate surface area is 399 Å². The van der Waals surface area contributed by atoms with E-state index in [1.165, 1.54) is 250 Å². The van der Waals surface area contributed by atoms with Crippen molar-refractivity contribution in [1.29, 1.82) is 0 Å². The summed E-state index contributed by atoms with van der Waals surface area (Å²) in [4.78, 5) is 23.7. The Kier molecular flexibility index (Phi) is 69.8. The molecule has 2 amide bonds. The summed E-state index contributed by atoms with van der Waals surface area (Å²) in [6.45, 7) is 13.8. The molecule has 0 saturated heterocycles. The average Bonchev–Trinajstić information content (AvgIpc) is 3.26. The first-order valence-electron chi connectivity index (χ1n) is 27.9. The predicted molar refractivity (Wildman–Crippen MR) is 288 cm³/mol. The van der Waals surface area contributed by atoms with Crippen LogP contribution in [0.2, 0.25) is 0 Å². The molecular weight excluding hydrogens is 769 g/mol. The Balaban J connectivity index is -0.000000536. The van der Waals surface area contributed by atoms with Crippen molar-refractivity contribution in [3.8, 4) is 0 Å². The molecule has 0 aromatic carbocycles. The molecule has 0 spiro atoms. The highest BCUT2D eigenvalue weighted by Crippen LogP contribution is 2.16. The van der Waals surface area contributed by atoms with E-state index in [2.05, 4.69) is 37.6 Å². The molecule has 0 aliphatic rings. The molecule has 0 aliphatic carbocycles. The second-order valence-corrected chi connectivity index (χ2v) is 18.9. The molecule has 0 radical (unpaired) electrons. The lowest BCUT2D eigenvalue weighted by atomic mass is 10.0. The Morgan fingerprint density at radius 1 is 0.302 bits per heavy atom. The van der Waals surface area contributed by atoms with Crippen molar-refractivity contribution < 1.29 is 9.59 Å². The van der Waals surface area contributed by atoms with Crippen LogP contribution >= 0.6 is 0 Å². The van der Waals surface area contributed by atoms with E-state index < -0.39 is 0 Å². The van der Waals surface area contributed by atoms with Crippen LogP contribution in [0.25, 0.3) is 0 Å². The van der Waals surface area contributed by atoms with Crippen LogP contribution in [0.3, 0.4) is 0 Å². The van der Waals surface area contributed by atoms with Gasteiger partial charge in [-0.1, -0.05) is 278 Å². The first-order valence-corrected chi connectivity index (χ1v) is 27.9. The third-order valence-corrected chi connectivity index (χ3v) is 12.6. The molecule has 0 unspecified atom stereocenters. The van der Waals surface area contributed by atoms with Gasteiger partial charge in [0.05, 0.1) is 0 Å². The number of amides is 2.